The lowest BCUT2D eigenvalue weighted by atomic mass is 10.1. The van der Waals surface area contributed by atoms with Crippen LogP contribution < -0.4 is 5.32 Å². The van der Waals surface area contributed by atoms with Gasteiger partial charge in [-0.1, -0.05) is 19.3 Å². The molecule has 0 spiro atoms. The van der Waals surface area contributed by atoms with E-state index in [1.165, 1.54) is 17.9 Å². The van der Waals surface area contributed by atoms with Crippen molar-refractivity contribution in [1.82, 2.24) is 15.1 Å². The predicted molar refractivity (Wildman–Crippen MR) is 77.5 cm³/mol. The van der Waals surface area contributed by atoms with Crippen LogP contribution in [0.5, 0.6) is 0 Å². The molecule has 2 N–H and O–H groups in total. The van der Waals surface area contributed by atoms with Crippen molar-refractivity contribution in [3.8, 4) is 0 Å². The van der Waals surface area contributed by atoms with Gasteiger partial charge in [-0.2, -0.15) is 5.10 Å². The Hall–Kier alpha value is -2.45. The molecular weight excluding hydrogens is 292 g/mol. The number of aryl methyl sites for hydroxylation is 1. The average molecular weight is 312 g/mol. The van der Waals surface area contributed by atoms with Crippen LogP contribution in [0, 0.1) is 10.1 Å². The fourth-order valence-electron chi connectivity index (χ4n) is 1.99. The van der Waals surface area contributed by atoms with Crippen molar-refractivity contribution >= 4 is 17.6 Å². The maximum Gasteiger partial charge on any atom is 0.320 e. The molecule has 0 saturated carbocycles. The molecule has 122 valence electrons. The van der Waals surface area contributed by atoms with Gasteiger partial charge in [0.1, 0.15) is 6.20 Å². The Morgan fingerprint density at radius 1 is 1.32 bits per heavy atom. The molecule has 0 aliphatic rings. The highest BCUT2D eigenvalue weighted by atomic mass is 16.6. The summed E-state index contributed by atoms with van der Waals surface area (Å²) in [6.45, 7) is 0.408. The Morgan fingerprint density at radius 2 is 1.95 bits per heavy atom. The molecule has 0 aliphatic heterocycles. The second-order valence-electron chi connectivity index (χ2n) is 4.96. The molecule has 0 radical (unpaired) electrons. The van der Waals surface area contributed by atoms with Crippen molar-refractivity contribution in [2.75, 3.05) is 6.54 Å². The first-order chi connectivity index (χ1) is 10.4. The summed E-state index contributed by atoms with van der Waals surface area (Å²) in [6.07, 6.45) is 5.36. The number of carbonyl (C=O) groups excluding carboxylic acids is 1. The smallest absolute Gasteiger partial charge is 0.320 e. The average Bonchev–Trinajstić information content (AvgIpc) is 2.83. The molecule has 0 bridgehead atoms. The van der Waals surface area contributed by atoms with Gasteiger partial charge in [0.2, 0.25) is 5.69 Å². The van der Waals surface area contributed by atoms with Crippen LogP contribution >= 0.6 is 0 Å². The molecule has 9 heteroatoms. The number of carboxylic acids is 1. The first-order valence-corrected chi connectivity index (χ1v) is 7.10. The van der Waals surface area contributed by atoms with Crippen molar-refractivity contribution in [2.45, 2.75) is 38.5 Å². The molecule has 1 amide bonds. The number of nitro groups is 1. The van der Waals surface area contributed by atoms with Crippen LogP contribution in [0.4, 0.5) is 5.69 Å². The van der Waals surface area contributed by atoms with Crippen molar-refractivity contribution < 1.29 is 19.6 Å². The standard InChI is InChI=1S/C13H20N4O5/c1-16-9-10(17(21)22)12(15-16)13(20)14-8-6-4-2-3-5-7-11(18)19/h9H,2-8H2,1H3,(H,14,20)(H,18,19). The summed E-state index contributed by atoms with van der Waals surface area (Å²) in [5, 5.41) is 25.7. The molecule has 0 fully saturated rings. The van der Waals surface area contributed by atoms with Gasteiger partial charge in [0.05, 0.1) is 4.92 Å². The summed E-state index contributed by atoms with van der Waals surface area (Å²) in [5.74, 6) is -1.35. The lowest BCUT2D eigenvalue weighted by Gasteiger charge is -2.03. The first-order valence-electron chi connectivity index (χ1n) is 7.10. The fraction of sp³-hybridized carbons (Fsp3) is 0.615. The van der Waals surface area contributed by atoms with Gasteiger partial charge in [-0.15, -0.1) is 0 Å². The third kappa shape index (κ3) is 5.90. The van der Waals surface area contributed by atoms with E-state index in [0.717, 1.165) is 25.7 Å². The molecule has 1 heterocycles. The van der Waals surface area contributed by atoms with Crippen LogP contribution in [-0.2, 0) is 11.8 Å². The third-order valence-corrected chi connectivity index (χ3v) is 3.07. The van der Waals surface area contributed by atoms with E-state index in [1.54, 1.807) is 0 Å². The number of aliphatic carboxylic acids is 1. The molecule has 22 heavy (non-hydrogen) atoms. The number of hydrogen-bond acceptors (Lipinski definition) is 5. The molecular formula is C13H20N4O5. The largest absolute Gasteiger partial charge is 0.481 e. The number of nitrogens with zero attached hydrogens (tertiary/aromatic N) is 3. The zero-order valence-electron chi connectivity index (χ0n) is 12.4. The minimum Gasteiger partial charge on any atom is -0.481 e. The SMILES string of the molecule is Cn1cc([N+](=O)[O-])c(C(=O)NCCCCCCCC(=O)O)n1. The Kier molecular flexibility index (Phi) is 7.00. The predicted octanol–water partition coefficient (Wildman–Crippen LogP) is 1.48. The van der Waals surface area contributed by atoms with Gasteiger partial charge in [0, 0.05) is 20.0 Å². The molecule has 0 saturated heterocycles. The summed E-state index contributed by atoms with van der Waals surface area (Å²) in [7, 11) is 1.51. The number of aromatic nitrogens is 2. The third-order valence-electron chi connectivity index (χ3n) is 3.07. The summed E-state index contributed by atoms with van der Waals surface area (Å²) < 4.78 is 1.23. The zero-order chi connectivity index (χ0) is 16.5. The number of amides is 1. The highest BCUT2D eigenvalue weighted by molar-refractivity contribution is 5.95. The van der Waals surface area contributed by atoms with E-state index in [4.69, 9.17) is 5.11 Å². The molecule has 0 aromatic carbocycles. The molecule has 0 atom stereocenters. The second-order valence-corrected chi connectivity index (χ2v) is 4.96. The van der Waals surface area contributed by atoms with Gasteiger partial charge in [0.15, 0.2) is 0 Å². The Balaban J connectivity index is 2.24. The number of hydrogen-bond donors (Lipinski definition) is 2. The minimum atomic E-state index is -0.788. The van der Waals surface area contributed by atoms with Gasteiger partial charge in [-0.05, 0) is 12.8 Å². The van der Waals surface area contributed by atoms with Crippen LogP contribution in [0.15, 0.2) is 6.20 Å². The summed E-state index contributed by atoms with van der Waals surface area (Å²) >= 11 is 0. The van der Waals surface area contributed by atoms with Crippen molar-refractivity contribution in [3.63, 3.8) is 0 Å². The number of unbranched alkanes of at least 4 members (excludes halogenated alkanes) is 4. The number of carboxylic acid groups (broad SMARTS) is 1. The van der Waals surface area contributed by atoms with E-state index in [-0.39, 0.29) is 17.8 Å². The van der Waals surface area contributed by atoms with E-state index < -0.39 is 16.8 Å². The normalized spacial score (nSPS) is 10.4. The van der Waals surface area contributed by atoms with Crippen molar-refractivity contribution in [2.24, 2.45) is 7.05 Å². The monoisotopic (exact) mass is 312 g/mol. The zero-order valence-corrected chi connectivity index (χ0v) is 12.4. The molecule has 1 rings (SSSR count). The van der Waals surface area contributed by atoms with Crippen molar-refractivity contribution in [3.05, 3.63) is 22.0 Å². The maximum absolute atomic E-state index is 11.8. The number of rotatable bonds is 10. The van der Waals surface area contributed by atoms with E-state index in [1.807, 2.05) is 0 Å². The highest BCUT2D eigenvalue weighted by Gasteiger charge is 2.24. The summed E-state index contributed by atoms with van der Waals surface area (Å²) in [6, 6.07) is 0. The molecule has 0 unspecified atom stereocenters. The summed E-state index contributed by atoms with van der Waals surface area (Å²) in [4.78, 5) is 32.3. The van der Waals surface area contributed by atoms with Gasteiger partial charge in [0.25, 0.3) is 5.91 Å². The van der Waals surface area contributed by atoms with Crippen molar-refractivity contribution in [1.29, 1.82) is 0 Å². The number of nitrogens with one attached hydrogen (secondary N) is 1. The van der Waals surface area contributed by atoms with Crippen LogP contribution in [0.1, 0.15) is 49.0 Å². The molecule has 9 nitrogen and oxygen atoms in total. The maximum atomic E-state index is 11.8. The number of carbonyl (C=O) groups is 2. The fourth-order valence-corrected chi connectivity index (χ4v) is 1.99. The highest BCUT2D eigenvalue weighted by Crippen LogP contribution is 2.15. The van der Waals surface area contributed by atoms with E-state index in [2.05, 4.69) is 10.4 Å². The quantitative estimate of drug-likeness (QED) is 0.382. The van der Waals surface area contributed by atoms with Gasteiger partial charge in [-0.3, -0.25) is 24.4 Å². The van der Waals surface area contributed by atoms with Crippen LogP contribution in [0.25, 0.3) is 0 Å². The lowest BCUT2D eigenvalue weighted by Crippen LogP contribution is -2.25. The van der Waals surface area contributed by atoms with Crippen LogP contribution in [-0.4, -0.2) is 38.2 Å². The Bertz CT molecular complexity index is 541. The molecule has 0 aliphatic carbocycles. The first kappa shape index (κ1) is 17.6. The lowest BCUT2D eigenvalue weighted by molar-refractivity contribution is -0.385. The molecule has 1 aromatic heterocycles. The van der Waals surface area contributed by atoms with E-state index in [0.29, 0.717) is 13.0 Å². The van der Waals surface area contributed by atoms with Crippen LogP contribution in [0.3, 0.4) is 0 Å². The van der Waals surface area contributed by atoms with E-state index >= 15 is 0 Å². The summed E-state index contributed by atoms with van der Waals surface area (Å²) in [5.41, 5.74) is -0.498. The van der Waals surface area contributed by atoms with Crippen LogP contribution in [0.2, 0.25) is 0 Å². The topological polar surface area (TPSA) is 127 Å². The molecule has 1 aromatic rings. The van der Waals surface area contributed by atoms with Gasteiger partial charge < -0.3 is 10.4 Å². The van der Waals surface area contributed by atoms with Gasteiger partial charge in [-0.25, -0.2) is 0 Å². The second kappa shape index (κ2) is 8.75. The Morgan fingerprint density at radius 3 is 2.59 bits per heavy atom. The van der Waals surface area contributed by atoms with Gasteiger partial charge >= 0.3 is 11.7 Å². The van der Waals surface area contributed by atoms with E-state index in [9.17, 15) is 19.7 Å². The minimum absolute atomic E-state index is 0.181. The Labute approximate surface area is 127 Å².